The van der Waals surface area contributed by atoms with E-state index in [4.69, 9.17) is 0 Å². The van der Waals surface area contributed by atoms with Crippen molar-refractivity contribution >= 4 is 0 Å². The molecule has 1 unspecified atom stereocenters. The Bertz CT molecular complexity index is 185. The van der Waals surface area contributed by atoms with E-state index in [2.05, 4.69) is 51.8 Å². The standard InChI is InChI=1S/C12H26N2/c1-9(2)11-7-13-12(5,6)8-14(11)10(3)4/h9-11,13H,7-8H2,1-6H3. The van der Waals surface area contributed by atoms with E-state index in [1.807, 2.05) is 0 Å². The van der Waals surface area contributed by atoms with Crippen LogP contribution in [0.15, 0.2) is 0 Å². The van der Waals surface area contributed by atoms with Crippen LogP contribution in [0, 0.1) is 5.92 Å². The minimum atomic E-state index is 0.273. The molecule has 84 valence electrons. The third kappa shape index (κ3) is 2.71. The Morgan fingerprint density at radius 1 is 1.21 bits per heavy atom. The lowest BCUT2D eigenvalue weighted by Gasteiger charge is -2.48. The van der Waals surface area contributed by atoms with Crippen LogP contribution in [0.4, 0.5) is 0 Å². The van der Waals surface area contributed by atoms with Gasteiger partial charge in [0.25, 0.3) is 0 Å². The summed E-state index contributed by atoms with van der Waals surface area (Å²) in [5.41, 5.74) is 0.273. The summed E-state index contributed by atoms with van der Waals surface area (Å²) in [6, 6.07) is 1.35. The largest absolute Gasteiger partial charge is 0.309 e. The van der Waals surface area contributed by atoms with Crippen molar-refractivity contribution in [2.45, 2.75) is 59.2 Å². The van der Waals surface area contributed by atoms with Gasteiger partial charge < -0.3 is 5.32 Å². The van der Waals surface area contributed by atoms with Crippen molar-refractivity contribution in [2.75, 3.05) is 13.1 Å². The number of hydrogen-bond donors (Lipinski definition) is 1. The molecule has 14 heavy (non-hydrogen) atoms. The van der Waals surface area contributed by atoms with E-state index in [9.17, 15) is 0 Å². The Balaban J connectivity index is 2.71. The van der Waals surface area contributed by atoms with Crippen LogP contribution >= 0.6 is 0 Å². The topological polar surface area (TPSA) is 15.3 Å². The summed E-state index contributed by atoms with van der Waals surface area (Å²) in [5, 5.41) is 3.63. The highest BCUT2D eigenvalue weighted by atomic mass is 15.3. The first-order valence-corrected chi connectivity index (χ1v) is 5.84. The van der Waals surface area contributed by atoms with E-state index >= 15 is 0 Å². The Morgan fingerprint density at radius 2 is 1.79 bits per heavy atom. The van der Waals surface area contributed by atoms with Gasteiger partial charge >= 0.3 is 0 Å². The zero-order valence-corrected chi connectivity index (χ0v) is 10.6. The van der Waals surface area contributed by atoms with E-state index in [-0.39, 0.29) is 5.54 Å². The Hall–Kier alpha value is -0.0800. The van der Waals surface area contributed by atoms with Crippen LogP contribution < -0.4 is 5.32 Å². The molecule has 2 nitrogen and oxygen atoms in total. The van der Waals surface area contributed by atoms with Crippen molar-refractivity contribution in [3.05, 3.63) is 0 Å². The first kappa shape index (κ1) is 12.0. The van der Waals surface area contributed by atoms with Crippen molar-refractivity contribution in [3.8, 4) is 0 Å². The number of rotatable bonds is 2. The van der Waals surface area contributed by atoms with Gasteiger partial charge in [-0.15, -0.1) is 0 Å². The summed E-state index contributed by atoms with van der Waals surface area (Å²) in [6.45, 7) is 16.1. The predicted octanol–water partition coefficient (Wildman–Crippen LogP) is 2.10. The molecule has 1 fully saturated rings. The van der Waals surface area contributed by atoms with Crippen molar-refractivity contribution in [3.63, 3.8) is 0 Å². The molecule has 1 saturated heterocycles. The molecule has 0 saturated carbocycles. The molecule has 1 N–H and O–H groups in total. The van der Waals surface area contributed by atoms with Gasteiger partial charge in [-0.3, -0.25) is 4.90 Å². The molecule has 0 aliphatic carbocycles. The molecule has 0 amide bonds. The van der Waals surface area contributed by atoms with E-state index in [1.165, 1.54) is 0 Å². The molecule has 1 aliphatic heterocycles. The molecule has 0 aromatic heterocycles. The van der Waals surface area contributed by atoms with Crippen molar-refractivity contribution in [1.29, 1.82) is 0 Å². The summed E-state index contributed by atoms with van der Waals surface area (Å²) in [5.74, 6) is 0.737. The third-order valence-electron chi connectivity index (χ3n) is 3.23. The lowest BCUT2D eigenvalue weighted by atomic mass is 9.92. The molecule has 2 heteroatoms. The highest BCUT2D eigenvalue weighted by molar-refractivity contribution is 4.94. The van der Waals surface area contributed by atoms with Crippen LogP contribution in [0.3, 0.4) is 0 Å². The SMILES string of the molecule is CC(C)C1CNC(C)(C)CN1C(C)C. The molecule has 0 aromatic rings. The second-order valence-corrected chi connectivity index (χ2v) is 5.84. The monoisotopic (exact) mass is 198 g/mol. The molecular formula is C12H26N2. The van der Waals surface area contributed by atoms with E-state index in [1.54, 1.807) is 0 Å². The average molecular weight is 198 g/mol. The summed E-state index contributed by atoms with van der Waals surface area (Å²) in [7, 11) is 0. The normalized spacial score (nSPS) is 28.7. The molecule has 1 heterocycles. The predicted molar refractivity (Wildman–Crippen MR) is 62.5 cm³/mol. The molecule has 0 spiro atoms. The maximum atomic E-state index is 3.63. The molecule has 1 aliphatic rings. The fourth-order valence-electron chi connectivity index (χ4n) is 2.31. The van der Waals surface area contributed by atoms with Gasteiger partial charge in [-0.25, -0.2) is 0 Å². The van der Waals surface area contributed by atoms with Crippen molar-refractivity contribution in [1.82, 2.24) is 10.2 Å². The Morgan fingerprint density at radius 3 is 2.21 bits per heavy atom. The van der Waals surface area contributed by atoms with Gasteiger partial charge in [0.2, 0.25) is 0 Å². The lowest BCUT2D eigenvalue weighted by molar-refractivity contribution is 0.0437. The van der Waals surface area contributed by atoms with Crippen LogP contribution in [0.5, 0.6) is 0 Å². The van der Waals surface area contributed by atoms with Gasteiger partial charge in [-0.1, -0.05) is 13.8 Å². The van der Waals surface area contributed by atoms with Crippen LogP contribution in [-0.4, -0.2) is 35.6 Å². The lowest BCUT2D eigenvalue weighted by Crippen LogP contribution is -2.64. The van der Waals surface area contributed by atoms with Crippen LogP contribution in [0.2, 0.25) is 0 Å². The molecule has 1 rings (SSSR count). The maximum Gasteiger partial charge on any atom is 0.0253 e. The number of piperazine rings is 1. The number of nitrogens with zero attached hydrogens (tertiary/aromatic N) is 1. The van der Waals surface area contributed by atoms with Gasteiger partial charge in [0, 0.05) is 30.7 Å². The zero-order chi connectivity index (χ0) is 10.9. The maximum absolute atomic E-state index is 3.63. The van der Waals surface area contributed by atoms with Crippen LogP contribution in [0.25, 0.3) is 0 Å². The van der Waals surface area contributed by atoms with Gasteiger partial charge in [0.05, 0.1) is 0 Å². The molecule has 0 radical (unpaired) electrons. The fourth-order valence-corrected chi connectivity index (χ4v) is 2.31. The van der Waals surface area contributed by atoms with Gasteiger partial charge in [0.1, 0.15) is 0 Å². The smallest absolute Gasteiger partial charge is 0.0253 e. The second kappa shape index (κ2) is 4.19. The Labute approximate surface area is 89.1 Å². The third-order valence-corrected chi connectivity index (χ3v) is 3.23. The van der Waals surface area contributed by atoms with Gasteiger partial charge in [0.15, 0.2) is 0 Å². The minimum Gasteiger partial charge on any atom is -0.309 e. The highest BCUT2D eigenvalue weighted by Crippen LogP contribution is 2.22. The molecular weight excluding hydrogens is 172 g/mol. The highest BCUT2D eigenvalue weighted by Gasteiger charge is 2.34. The Kier molecular flexibility index (Phi) is 3.59. The van der Waals surface area contributed by atoms with E-state index < -0.39 is 0 Å². The van der Waals surface area contributed by atoms with Crippen LogP contribution in [-0.2, 0) is 0 Å². The number of nitrogens with one attached hydrogen (secondary N) is 1. The van der Waals surface area contributed by atoms with Gasteiger partial charge in [-0.05, 0) is 33.6 Å². The van der Waals surface area contributed by atoms with Crippen molar-refractivity contribution in [2.24, 2.45) is 5.92 Å². The molecule has 0 aromatic carbocycles. The molecule has 0 bridgehead atoms. The summed E-state index contributed by atoms with van der Waals surface area (Å²) < 4.78 is 0. The van der Waals surface area contributed by atoms with E-state index in [0.717, 1.165) is 19.0 Å². The fraction of sp³-hybridized carbons (Fsp3) is 1.00. The summed E-state index contributed by atoms with van der Waals surface area (Å²) in [4.78, 5) is 2.64. The van der Waals surface area contributed by atoms with E-state index in [0.29, 0.717) is 12.1 Å². The summed E-state index contributed by atoms with van der Waals surface area (Å²) in [6.07, 6.45) is 0. The quantitative estimate of drug-likeness (QED) is 0.731. The second-order valence-electron chi connectivity index (χ2n) is 5.84. The summed E-state index contributed by atoms with van der Waals surface area (Å²) >= 11 is 0. The zero-order valence-electron chi connectivity index (χ0n) is 10.6. The first-order chi connectivity index (χ1) is 6.33. The van der Waals surface area contributed by atoms with Crippen LogP contribution in [0.1, 0.15) is 41.5 Å². The van der Waals surface area contributed by atoms with Crippen molar-refractivity contribution < 1.29 is 0 Å². The van der Waals surface area contributed by atoms with Gasteiger partial charge in [-0.2, -0.15) is 0 Å². The molecule has 1 atom stereocenters. The first-order valence-electron chi connectivity index (χ1n) is 5.84. The average Bonchev–Trinajstić information content (AvgIpc) is 2.01. The minimum absolute atomic E-state index is 0.273. The number of hydrogen-bond acceptors (Lipinski definition) is 2.